The van der Waals surface area contributed by atoms with E-state index in [0.717, 1.165) is 14.1 Å². The molecule has 1 aliphatic rings. The van der Waals surface area contributed by atoms with Crippen molar-refractivity contribution in [3.05, 3.63) is 19.2 Å². The second-order valence-corrected chi connectivity index (χ2v) is 8.83. The Morgan fingerprint density at radius 1 is 1.62 bits per heavy atom. The highest BCUT2D eigenvalue weighted by Gasteiger charge is 2.42. The standard InChI is InChI=1S/C10H11Br2NOS2/c1-15-10(2-3-10)5-13-9(14)6-4-7(11)16-8(6)12/h4H,2-3,5H2,1H3,(H,13,14). The van der Waals surface area contributed by atoms with Crippen LogP contribution >= 0.6 is 55.0 Å². The van der Waals surface area contributed by atoms with E-state index >= 15 is 0 Å². The van der Waals surface area contributed by atoms with Gasteiger partial charge in [-0.05, 0) is 57.0 Å². The second kappa shape index (κ2) is 5.00. The Morgan fingerprint density at radius 2 is 2.31 bits per heavy atom. The molecule has 0 unspecified atom stereocenters. The summed E-state index contributed by atoms with van der Waals surface area (Å²) in [6.45, 7) is 0.771. The van der Waals surface area contributed by atoms with Gasteiger partial charge in [0.2, 0.25) is 0 Å². The minimum absolute atomic E-state index is 0.00847. The first kappa shape index (κ1) is 12.9. The summed E-state index contributed by atoms with van der Waals surface area (Å²) in [5, 5.41) is 3.00. The van der Waals surface area contributed by atoms with Gasteiger partial charge >= 0.3 is 0 Å². The van der Waals surface area contributed by atoms with Crippen molar-refractivity contribution in [1.29, 1.82) is 0 Å². The number of nitrogens with one attached hydrogen (secondary N) is 1. The maximum Gasteiger partial charge on any atom is 0.253 e. The van der Waals surface area contributed by atoms with Crippen molar-refractivity contribution < 1.29 is 4.79 Å². The highest BCUT2D eigenvalue weighted by atomic mass is 79.9. The van der Waals surface area contributed by atoms with Crippen molar-refractivity contribution in [3.8, 4) is 0 Å². The van der Waals surface area contributed by atoms with Crippen molar-refractivity contribution in [2.75, 3.05) is 12.8 Å². The van der Waals surface area contributed by atoms with Gasteiger partial charge in [0.1, 0.15) is 0 Å². The van der Waals surface area contributed by atoms with Crippen molar-refractivity contribution in [2.45, 2.75) is 17.6 Å². The third kappa shape index (κ3) is 2.83. The molecule has 0 aromatic carbocycles. The predicted molar refractivity (Wildman–Crippen MR) is 77.5 cm³/mol. The van der Waals surface area contributed by atoms with Crippen LogP contribution in [0.4, 0.5) is 0 Å². The highest BCUT2D eigenvalue weighted by molar-refractivity contribution is 9.12. The molecule has 2 rings (SSSR count). The fraction of sp³-hybridized carbons (Fsp3) is 0.500. The fourth-order valence-corrected chi connectivity index (χ4v) is 4.94. The SMILES string of the molecule is CSC1(CNC(=O)c2cc(Br)sc2Br)CC1. The molecule has 1 saturated carbocycles. The zero-order valence-electron chi connectivity index (χ0n) is 8.68. The Hall–Kier alpha value is 0.480. The predicted octanol–water partition coefficient (Wildman–Crippen LogP) is 3.90. The van der Waals surface area contributed by atoms with Crippen LogP contribution in [0.25, 0.3) is 0 Å². The summed E-state index contributed by atoms with van der Waals surface area (Å²) >= 11 is 10.1. The molecule has 2 nitrogen and oxygen atoms in total. The zero-order valence-corrected chi connectivity index (χ0v) is 13.5. The fourth-order valence-electron chi connectivity index (χ4n) is 1.42. The van der Waals surface area contributed by atoms with Gasteiger partial charge in [-0.25, -0.2) is 0 Å². The molecule has 1 aromatic heterocycles. The average Bonchev–Trinajstić information content (AvgIpc) is 2.96. The van der Waals surface area contributed by atoms with Gasteiger partial charge in [-0.3, -0.25) is 4.79 Å². The monoisotopic (exact) mass is 383 g/mol. The van der Waals surface area contributed by atoms with Gasteiger partial charge in [0.15, 0.2) is 0 Å². The number of thioether (sulfide) groups is 1. The lowest BCUT2D eigenvalue weighted by Gasteiger charge is -2.12. The van der Waals surface area contributed by atoms with Gasteiger partial charge in [0, 0.05) is 11.3 Å². The summed E-state index contributed by atoms with van der Waals surface area (Å²) in [4.78, 5) is 11.9. The molecule has 0 atom stereocenters. The van der Waals surface area contributed by atoms with Crippen LogP contribution in [-0.4, -0.2) is 23.5 Å². The molecule has 1 fully saturated rings. The zero-order chi connectivity index (χ0) is 11.8. The quantitative estimate of drug-likeness (QED) is 0.852. The maximum absolute atomic E-state index is 11.9. The number of hydrogen-bond acceptors (Lipinski definition) is 3. The average molecular weight is 385 g/mol. The first-order valence-corrected chi connectivity index (χ1v) is 8.47. The lowest BCUT2D eigenvalue weighted by molar-refractivity contribution is 0.0953. The largest absolute Gasteiger partial charge is 0.351 e. The number of hydrogen-bond donors (Lipinski definition) is 1. The Kier molecular flexibility index (Phi) is 4.04. The van der Waals surface area contributed by atoms with Crippen LogP contribution in [0.2, 0.25) is 0 Å². The third-order valence-corrected chi connectivity index (χ3v) is 6.47. The Balaban J connectivity index is 1.96. The number of halogens is 2. The lowest BCUT2D eigenvalue weighted by Crippen LogP contribution is -2.31. The molecule has 1 N–H and O–H groups in total. The van der Waals surface area contributed by atoms with Crippen molar-refractivity contribution in [1.82, 2.24) is 5.32 Å². The first-order valence-electron chi connectivity index (χ1n) is 4.84. The van der Waals surface area contributed by atoms with Crippen LogP contribution in [-0.2, 0) is 0 Å². The second-order valence-electron chi connectivity index (χ2n) is 3.81. The molecule has 1 heterocycles. The molecule has 0 aliphatic heterocycles. The van der Waals surface area contributed by atoms with E-state index in [-0.39, 0.29) is 5.91 Å². The van der Waals surface area contributed by atoms with E-state index in [1.165, 1.54) is 24.2 Å². The first-order chi connectivity index (χ1) is 7.56. The Morgan fingerprint density at radius 3 is 2.75 bits per heavy atom. The van der Waals surface area contributed by atoms with Crippen LogP contribution in [0.15, 0.2) is 13.6 Å². The van der Waals surface area contributed by atoms with E-state index in [4.69, 9.17) is 0 Å². The summed E-state index contributed by atoms with van der Waals surface area (Å²) in [6, 6.07) is 1.85. The number of rotatable bonds is 4. The van der Waals surface area contributed by atoms with Crippen LogP contribution in [0, 0.1) is 0 Å². The molecule has 6 heteroatoms. The molecule has 1 aliphatic carbocycles. The van der Waals surface area contributed by atoms with Gasteiger partial charge < -0.3 is 5.32 Å². The van der Waals surface area contributed by atoms with Crippen molar-refractivity contribution >= 4 is 60.9 Å². The minimum atomic E-state index is 0.00847. The minimum Gasteiger partial charge on any atom is -0.351 e. The van der Waals surface area contributed by atoms with E-state index in [0.29, 0.717) is 10.3 Å². The molecule has 0 saturated heterocycles. The molecule has 16 heavy (non-hydrogen) atoms. The van der Waals surface area contributed by atoms with Crippen molar-refractivity contribution in [2.24, 2.45) is 0 Å². The topological polar surface area (TPSA) is 29.1 Å². The van der Waals surface area contributed by atoms with Gasteiger partial charge in [-0.2, -0.15) is 11.8 Å². The number of thiophene rings is 1. The summed E-state index contributed by atoms with van der Waals surface area (Å²) in [5.74, 6) is 0.00847. The summed E-state index contributed by atoms with van der Waals surface area (Å²) in [6.07, 6.45) is 4.53. The number of amides is 1. The molecule has 0 bridgehead atoms. The van der Waals surface area contributed by atoms with Gasteiger partial charge in [0.25, 0.3) is 5.91 Å². The van der Waals surface area contributed by atoms with Gasteiger partial charge in [-0.15, -0.1) is 11.3 Å². The van der Waals surface area contributed by atoms with E-state index in [9.17, 15) is 4.79 Å². The lowest BCUT2D eigenvalue weighted by atomic mass is 10.3. The Labute approximate surface area is 120 Å². The smallest absolute Gasteiger partial charge is 0.253 e. The molecule has 1 amide bonds. The molecular weight excluding hydrogens is 374 g/mol. The normalized spacial score (nSPS) is 17.2. The van der Waals surface area contributed by atoms with Crippen LogP contribution in [0.5, 0.6) is 0 Å². The van der Waals surface area contributed by atoms with Crippen LogP contribution < -0.4 is 5.32 Å². The molecule has 1 aromatic rings. The van der Waals surface area contributed by atoms with Crippen LogP contribution in [0.1, 0.15) is 23.2 Å². The summed E-state index contributed by atoms with van der Waals surface area (Å²) in [5.41, 5.74) is 0.716. The molecule has 0 radical (unpaired) electrons. The Bertz CT molecular complexity index is 415. The van der Waals surface area contributed by atoms with Gasteiger partial charge in [-0.1, -0.05) is 0 Å². The molecule has 88 valence electrons. The molecule has 0 spiro atoms. The number of carbonyl (C=O) groups excluding carboxylic acids is 1. The van der Waals surface area contributed by atoms with Gasteiger partial charge in [0.05, 0.1) is 13.1 Å². The highest BCUT2D eigenvalue weighted by Crippen LogP contribution is 2.46. The van der Waals surface area contributed by atoms with E-state index in [1.807, 2.05) is 17.8 Å². The number of carbonyl (C=O) groups is 1. The van der Waals surface area contributed by atoms with E-state index in [2.05, 4.69) is 43.4 Å². The summed E-state index contributed by atoms with van der Waals surface area (Å²) < 4.78 is 2.16. The van der Waals surface area contributed by atoms with E-state index in [1.54, 1.807) is 0 Å². The molecular formula is C10H11Br2NOS2. The van der Waals surface area contributed by atoms with Crippen LogP contribution in [0.3, 0.4) is 0 Å². The van der Waals surface area contributed by atoms with E-state index < -0.39 is 0 Å². The third-order valence-electron chi connectivity index (χ3n) is 2.71. The maximum atomic E-state index is 11.9. The summed E-state index contributed by atoms with van der Waals surface area (Å²) in [7, 11) is 0. The van der Waals surface area contributed by atoms with Crippen molar-refractivity contribution in [3.63, 3.8) is 0 Å².